The van der Waals surface area contributed by atoms with Gasteiger partial charge in [0.2, 0.25) is 5.91 Å². The first-order valence-electron chi connectivity index (χ1n) is 5.46. The highest BCUT2D eigenvalue weighted by atomic mass is 19.1. The van der Waals surface area contributed by atoms with Crippen molar-refractivity contribution in [2.75, 3.05) is 11.9 Å². The number of carbonyl (C=O) groups excluding carboxylic acids is 1. The third-order valence-electron chi connectivity index (χ3n) is 2.42. The lowest BCUT2D eigenvalue weighted by Crippen LogP contribution is -2.20. The van der Waals surface area contributed by atoms with E-state index in [1.165, 1.54) is 6.07 Å². The van der Waals surface area contributed by atoms with E-state index in [4.69, 9.17) is 10.8 Å². The molecule has 5 nitrogen and oxygen atoms in total. The van der Waals surface area contributed by atoms with Gasteiger partial charge in [0.05, 0.1) is 5.56 Å². The number of aromatic carboxylic acids is 1. The molecule has 0 aliphatic carbocycles. The fourth-order valence-electron chi connectivity index (χ4n) is 1.38. The van der Waals surface area contributed by atoms with Gasteiger partial charge in [0.25, 0.3) is 0 Å². The molecular formula is C12H15FN2O3. The number of nitrogens with one attached hydrogen (secondary N) is 1. The molecule has 0 aliphatic heterocycles. The number of carboxylic acids is 1. The van der Waals surface area contributed by atoms with Crippen LogP contribution in [0.2, 0.25) is 0 Å². The number of halogens is 1. The van der Waals surface area contributed by atoms with Gasteiger partial charge >= 0.3 is 5.97 Å². The number of anilines is 1. The summed E-state index contributed by atoms with van der Waals surface area (Å²) in [5.41, 5.74) is 5.19. The second-order valence-corrected chi connectivity index (χ2v) is 4.09. The molecule has 1 atom stereocenters. The van der Waals surface area contributed by atoms with E-state index in [1.807, 2.05) is 6.92 Å². The first-order valence-corrected chi connectivity index (χ1v) is 5.46. The van der Waals surface area contributed by atoms with Gasteiger partial charge in [-0.2, -0.15) is 0 Å². The van der Waals surface area contributed by atoms with Crippen LogP contribution in [0.4, 0.5) is 10.1 Å². The van der Waals surface area contributed by atoms with Crippen LogP contribution in [0.5, 0.6) is 0 Å². The normalized spacial score (nSPS) is 11.9. The Morgan fingerprint density at radius 3 is 2.67 bits per heavy atom. The second kappa shape index (κ2) is 6.11. The van der Waals surface area contributed by atoms with Crippen molar-refractivity contribution in [3.63, 3.8) is 0 Å². The molecule has 0 fully saturated rings. The van der Waals surface area contributed by atoms with Gasteiger partial charge < -0.3 is 16.2 Å². The average molecular weight is 254 g/mol. The number of nitrogens with two attached hydrogens (primary N) is 1. The maximum absolute atomic E-state index is 13.3. The molecular weight excluding hydrogens is 239 g/mol. The topological polar surface area (TPSA) is 92.4 Å². The van der Waals surface area contributed by atoms with Crippen molar-refractivity contribution in [1.29, 1.82) is 0 Å². The van der Waals surface area contributed by atoms with Crippen molar-refractivity contribution in [2.45, 2.75) is 13.3 Å². The number of carboxylic acid groups (broad SMARTS) is 1. The zero-order chi connectivity index (χ0) is 13.7. The van der Waals surface area contributed by atoms with Gasteiger partial charge in [-0.15, -0.1) is 0 Å². The van der Waals surface area contributed by atoms with E-state index in [1.54, 1.807) is 0 Å². The first kappa shape index (κ1) is 14.1. The molecule has 4 N–H and O–H groups in total. The van der Waals surface area contributed by atoms with Crippen molar-refractivity contribution >= 4 is 17.6 Å². The minimum absolute atomic E-state index is 0.0353. The Morgan fingerprint density at radius 2 is 2.17 bits per heavy atom. The number of hydrogen-bond acceptors (Lipinski definition) is 3. The molecule has 0 aliphatic rings. The molecule has 1 aromatic rings. The first-order chi connectivity index (χ1) is 8.43. The Hall–Kier alpha value is -1.95. The molecule has 0 saturated carbocycles. The monoisotopic (exact) mass is 254 g/mol. The third-order valence-corrected chi connectivity index (χ3v) is 2.42. The third kappa shape index (κ3) is 3.81. The van der Waals surface area contributed by atoms with Gasteiger partial charge in [-0.25, -0.2) is 9.18 Å². The van der Waals surface area contributed by atoms with E-state index < -0.39 is 17.3 Å². The zero-order valence-corrected chi connectivity index (χ0v) is 9.94. The molecule has 1 amide bonds. The molecule has 18 heavy (non-hydrogen) atoms. The summed E-state index contributed by atoms with van der Waals surface area (Å²) in [7, 11) is 0. The molecule has 6 heteroatoms. The number of benzene rings is 1. The smallest absolute Gasteiger partial charge is 0.338 e. The van der Waals surface area contributed by atoms with Crippen molar-refractivity contribution < 1.29 is 19.1 Å². The van der Waals surface area contributed by atoms with Gasteiger partial charge in [0, 0.05) is 12.1 Å². The van der Waals surface area contributed by atoms with Crippen molar-refractivity contribution in [3.8, 4) is 0 Å². The summed E-state index contributed by atoms with van der Waals surface area (Å²) in [6.45, 7) is 2.22. The molecule has 0 bridgehead atoms. The van der Waals surface area contributed by atoms with Crippen LogP contribution in [0.3, 0.4) is 0 Å². The van der Waals surface area contributed by atoms with Gasteiger partial charge in [-0.3, -0.25) is 4.79 Å². The number of amides is 1. The highest BCUT2D eigenvalue weighted by Gasteiger charge is 2.12. The Labute approximate surface area is 104 Å². The summed E-state index contributed by atoms with van der Waals surface area (Å²) < 4.78 is 13.3. The molecule has 0 aromatic heterocycles. The van der Waals surface area contributed by atoms with Crippen LogP contribution >= 0.6 is 0 Å². The Balaban J connectivity index is 2.72. The SMILES string of the molecule is CC(CN)CC(=O)Nc1ccc(C(=O)O)c(F)c1. The number of hydrogen-bond donors (Lipinski definition) is 3. The molecule has 1 unspecified atom stereocenters. The lowest BCUT2D eigenvalue weighted by atomic mass is 10.1. The lowest BCUT2D eigenvalue weighted by Gasteiger charge is -2.09. The quantitative estimate of drug-likeness (QED) is 0.741. The summed E-state index contributed by atoms with van der Waals surface area (Å²) in [5, 5.41) is 11.1. The predicted molar refractivity (Wildman–Crippen MR) is 64.8 cm³/mol. The standard InChI is InChI=1S/C12H15FN2O3/c1-7(6-14)4-11(16)15-8-2-3-9(12(17)18)10(13)5-8/h2-3,5,7H,4,6,14H2,1H3,(H,15,16)(H,17,18). The Morgan fingerprint density at radius 1 is 1.50 bits per heavy atom. The van der Waals surface area contributed by atoms with E-state index in [-0.39, 0.29) is 23.9 Å². The van der Waals surface area contributed by atoms with Crippen LogP contribution in [0, 0.1) is 11.7 Å². The van der Waals surface area contributed by atoms with E-state index in [0.29, 0.717) is 6.54 Å². The Kier molecular flexibility index (Phi) is 4.79. The fourth-order valence-corrected chi connectivity index (χ4v) is 1.38. The van der Waals surface area contributed by atoms with Gasteiger partial charge in [0.1, 0.15) is 5.82 Å². The van der Waals surface area contributed by atoms with Crippen molar-refractivity contribution in [1.82, 2.24) is 0 Å². The molecule has 0 spiro atoms. The minimum atomic E-state index is -1.35. The summed E-state index contributed by atoms with van der Waals surface area (Å²) in [6.07, 6.45) is 0.235. The van der Waals surface area contributed by atoms with E-state index in [9.17, 15) is 14.0 Å². The number of carbonyl (C=O) groups is 2. The lowest BCUT2D eigenvalue weighted by molar-refractivity contribution is -0.116. The van der Waals surface area contributed by atoms with Crippen LogP contribution in [0.25, 0.3) is 0 Å². The minimum Gasteiger partial charge on any atom is -0.478 e. The highest BCUT2D eigenvalue weighted by Crippen LogP contribution is 2.15. The molecule has 1 aromatic carbocycles. The Bertz CT molecular complexity index is 463. The number of rotatable bonds is 5. The van der Waals surface area contributed by atoms with Gasteiger partial charge in [-0.05, 0) is 30.7 Å². The molecule has 0 radical (unpaired) electrons. The summed E-state index contributed by atoms with van der Waals surface area (Å²) in [5.74, 6) is -2.47. The second-order valence-electron chi connectivity index (χ2n) is 4.09. The van der Waals surface area contributed by atoms with E-state index >= 15 is 0 Å². The van der Waals surface area contributed by atoms with E-state index in [2.05, 4.69) is 5.32 Å². The van der Waals surface area contributed by atoms with Crippen molar-refractivity contribution in [2.24, 2.45) is 11.7 Å². The molecule has 1 rings (SSSR count). The molecule has 0 saturated heterocycles. The van der Waals surface area contributed by atoms with E-state index in [0.717, 1.165) is 12.1 Å². The average Bonchev–Trinajstić information content (AvgIpc) is 2.28. The van der Waals surface area contributed by atoms with Crippen LogP contribution in [0.1, 0.15) is 23.7 Å². The van der Waals surface area contributed by atoms with Crippen LogP contribution in [-0.2, 0) is 4.79 Å². The molecule has 0 heterocycles. The van der Waals surface area contributed by atoms with Gasteiger partial charge in [0.15, 0.2) is 0 Å². The highest BCUT2D eigenvalue weighted by molar-refractivity contribution is 5.92. The summed E-state index contributed by atoms with van der Waals surface area (Å²) in [6, 6.07) is 3.44. The maximum atomic E-state index is 13.3. The van der Waals surface area contributed by atoms with Crippen LogP contribution in [0.15, 0.2) is 18.2 Å². The van der Waals surface area contributed by atoms with Crippen molar-refractivity contribution in [3.05, 3.63) is 29.6 Å². The predicted octanol–water partition coefficient (Wildman–Crippen LogP) is 1.45. The van der Waals surface area contributed by atoms with Crippen LogP contribution < -0.4 is 11.1 Å². The maximum Gasteiger partial charge on any atom is 0.338 e. The van der Waals surface area contributed by atoms with Gasteiger partial charge in [-0.1, -0.05) is 6.92 Å². The largest absolute Gasteiger partial charge is 0.478 e. The fraction of sp³-hybridized carbons (Fsp3) is 0.333. The summed E-state index contributed by atoms with van der Waals surface area (Å²) in [4.78, 5) is 22.1. The molecule has 98 valence electrons. The zero-order valence-electron chi connectivity index (χ0n) is 9.94. The summed E-state index contributed by atoms with van der Waals surface area (Å²) >= 11 is 0. The van der Waals surface area contributed by atoms with Crippen LogP contribution in [-0.4, -0.2) is 23.5 Å².